The molecule has 0 aromatic heterocycles. The Balaban J connectivity index is 1.86. The van der Waals surface area contributed by atoms with Crippen molar-refractivity contribution < 1.29 is 9.59 Å². The average molecular weight is 268 g/mol. The molecule has 96 valence electrons. The topological polar surface area (TPSA) is 84.2 Å². The fraction of sp³-hybridized carbons (Fsp3) is 0.333. The number of halogens is 1. The Bertz CT molecular complexity index is 486. The summed E-state index contributed by atoms with van der Waals surface area (Å²) in [5.74, 6) is -0.517. The maximum Gasteiger partial charge on any atom is 0.251 e. The summed E-state index contributed by atoms with van der Waals surface area (Å²) in [7, 11) is 0. The maximum atomic E-state index is 11.7. The first-order valence-corrected chi connectivity index (χ1v) is 6.06. The minimum Gasteiger partial charge on any atom is -0.398 e. The van der Waals surface area contributed by atoms with E-state index in [1.807, 2.05) is 0 Å². The van der Waals surface area contributed by atoms with Crippen LogP contribution >= 0.6 is 11.6 Å². The van der Waals surface area contributed by atoms with Gasteiger partial charge in [-0.25, -0.2) is 0 Å². The predicted molar refractivity (Wildman–Crippen MR) is 69.4 cm³/mol. The van der Waals surface area contributed by atoms with Crippen LogP contribution in [0.2, 0.25) is 5.02 Å². The molecule has 0 aliphatic heterocycles. The predicted octanol–water partition coefficient (Wildman–Crippen LogP) is 0.931. The lowest BCUT2D eigenvalue weighted by Crippen LogP contribution is -2.37. The molecule has 1 aliphatic carbocycles. The van der Waals surface area contributed by atoms with Crippen LogP contribution in [0.3, 0.4) is 0 Å². The molecule has 1 fully saturated rings. The number of anilines is 1. The van der Waals surface area contributed by atoms with Crippen LogP contribution in [0.1, 0.15) is 23.2 Å². The molecule has 2 amide bonds. The summed E-state index contributed by atoms with van der Waals surface area (Å²) in [6.07, 6.45) is 2.04. The second-order valence-electron chi connectivity index (χ2n) is 4.26. The zero-order valence-corrected chi connectivity index (χ0v) is 10.5. The van der Waals surface area contributed by atoms with Crippen LogP contribution < -0.4 is 16.4 Å². The number of hydrogen-bond acceptors (Lipinski definition) is 3. The standard InChI is InChI=1S/C12H14ClN3O2/c13-9-4-1-7(5-10(9)14)12(18)15-6-11(17)16-8-2-3-8/h1,4-5,8H,2-3,6,14H2,(H,15,18)(H,16,17). The molecule has 0 spiro atoms. The van der Waals surface area contributed by atoms with E-state index in [2.05, 4.69) is 10.6 Å². The van der Waals surface area contributed by atoms with Gasteiger partial charge in [0, 0.05) is 11.6 Å². The summed E-state index contributed by atoms with van der Waals surface area (Å²) in [6.45, 7) is -0.0299. The number of carbonyl (C=O) groups excluding carboxylic acids is 2. The van der Waals surface area contributed by atoms with Gasteiger partial charge in [0.25, 0.3) is 5.91 Å². The molecule has 6 heteroatoms. The summed E-state index contributed by atoms with van der Waals surface area (Å²) in [5, 5.41) is 5.71. The number of carbonyl (C=O) groups is 2. The van der Waals surface area contributed by atoms with E-state index in [-0.39, 0.29) is 18.4 Å². The second kappa shape index (κ2) is 5.27. The van der Waals surface area contributed by atoms with Crippen molar-refractivity contribution in [2.24, 2.45) is 0 Å². The third-order valence-corrected chi connectivity index (χ3v) is 2.95. The van der Waals surface area contributed by atoms with Crippen LogP contribution in [0.5, 0.6) is 0 Å². The van der Waals surface area contributed by atoms with Crippen LogP contribution in [-0.2, 0) is 4.79 Å². The first kappa shape index (κ1) is 12.7. The van der Waals surface area contributed by atoms with Gasteiger partial charge in [-0.3, -0.25) is 9.59 Å². The molecular weight excluding hydrogens is 254 g/mol. The Labute approximate surface area is 110 Å². The van der Waals surface area contributed by atoms with Crippen LogP contribution in [0, 0.1) is 0 Å². The van der Waals surface area contributed by atoms with E-state index in [9.17, 15) is 9.59 Å². The first-order valence-electron chi connectivity index (χ1n) is 5.69. The molecule has 1 saturated carbocycles. The third-order valence-electron chi connectivity index (χ3n) is 2.61. The molecule has 2 rings (SSSR count). The molecule has 0 atom stereocenters. The lowest BCUT2D eigenvalue weighted by molar-refractivity contribution is -0.120. The van der Waals surface area contributed by atoms with E-state index in [4.69, 9.17) is 17.3 Å². The van der Waals surface area contributed by atoms with Crippen molar-refractivity contribution in [3.8, 4) is 0 Å². The molecule has 0 saturated heterocycles. The lowest BCUT2D eigenvalue weighted by Gasteiger charge is -2.07. The van der Waals surface area contributed by atoms with Gasteiger partial charge in [-0.05, 0) is 31.0 Å². The lowest BCUT2D eigenvalue weighted by atomic mass is 10.2. The van der Waals surface area contributed by atoms with Gasteiger partial charge in [-0.15, -0.1) is 0 Å². The van der Waals surface area contributed by atoms with Gasteiger partial charge < -0.3 is 16.4 Å². The molecule has 0 heterocycles. The van der Waals surface area contributed by atoms with Gasteiger partial charge in [0.15, 0.2) is 0 Å². The Morgan fingerprint density at radius 3 is 2.72 bits per heavy atom. The van der Waals surface area contributed by atoms with E-state index in [1.165, 1.54) is 6.07 Å². The molecule has 1 aromatic rings. The Morgan fingerprint density at radius 1 is 1.39 bits per heavy atom. The fourth-order valence-corrected chi connectivity index (χ4v) is 1.57. The molecule has 4 N–H and O–H groups in total. The Morgan fingerprint density at radius 2 is 2.11 bits per heavy atom. The highest BCUT2D eigenvalue weighted by atomic mass is 35.5. The highest BCUT2D eigenvalue weighted by molar-refractivity contribution is 6.33. The number of nitrogen functional groups attached to an aromatic ring is 1. The number of hydrogen-bond donors (Lipinski definition) is 3. The van der Waals surface area contributed by atoms with E-state index < -0.39 is 0 Å². The molecule has 0 unspecified atom stereocenters. The average Bonchev–Trinajstić information content (AvgIpc) is 3.13. The summed E-state index contributed by atoms with van der Waals surface area (Å²) < 4.78 is 0. The minimum absolute atomic E-state index is 0.0299. The minimum atomic E-state index is -0.343. The molecule has 1 aliphatic rings. The quantitative estimate of drug-likeness (QED) is 0.710. The van der Waals surface area contributed by atoms with Crippen molar-refractivity contribution in [1.82, 2.24) is 10.6 Å². The highest BCUT2D eigenvalue weighted by Gasteiger charge is 2.23. The van der Waals surface area contributed by atoms with E-state index in [0.717, 1.165) is 12.8 Å². The molecule has 0 radical (unpaired) electrons. The van der Waals surface area contributed by atoms with Crippen LogP contribution in [0.15, 0.2) is 18.2 Å². The first-order chi connectivity index (χ1) is 8.56. The Hall–Kier alpha value is -1.75. The highest BCUT2D eigenvalue weighted by Crippen LogP contribution is 2.19. The second-order valence-corrected chi connectivity index (χ2v) is 4.67. The van der Waals surface area contributed by atoms with E-state index in [1.54, 1.807) is 12.1 Å². The van der Waals surface area contributed by atoms with Crippen LogP contribution in [0.4, 0.5) is 5.69 Å². The summed E-state index contributed by atoms with van der Waals surface area (Å²) in [4.78, 5) is 23.1. The van der Waals surface area contributed by atoms with Gasteiger partial charge in [0.05, 0.1) is 17.3 Å². The fourth-order valence-electron chi connectivity index (χ4n) is 1.45. The number of rotatable bonds is 4. The van der Waals surface area contributed by atoms with Gasteiger partial charge in [-0.2, -0.15) is 0 Å². The number of nitrogens with one attached hydrogen (secondary N) is 2. The Kier molecular flexibility index (Phi) is 3.72. The van der Waals surface area contributed by atoms with Crippen molar-refractivity contribution in [1.29, 1.82) is 0 Å². The molecule has 1 aromatic carbocycles. The molecular formula is C12H14ClN3O2. The van der Waals surface area contributed by atoms with Crippen LogP contribution in [0.25, 0.3) is 0 Å². The third kappa shape index (κ3) is 3.37. The number of benzene rings is 1. The zero-order chi connectivity index (χ0) is 13.1. The van der Waals surface area contributed by atoms with Crippen molar-refractivity contribution in [2.45, 2.75) is 18.9 Å². The van der Waals surface area contributed by atoms with Crippen molar-refractivity contribution in [3.63, 3.8) is 0 Å². The van der Waals surface area contributed by atoms with Crippen molar-refractivity contribution in [3.05, 3.63) is 28.8 Å². The zero-order valence-electron chi connectivity index (χ0n) is 9.70. The SMILES string of the molecule is Nc1cc(C(=O)NCC(=O)NC2CC2)ccc1Cl. The molecule has 18 heavy (non-hydrogen) atoms. The van der Waals surface area contributed by atoms with Crippen LogP contribution in [-0.4, -0.2) is 24.4 Å². The normalized spacial score (nSPS) is 14.1. The van der Waals surface area contributed by atoms with Gasteiger partial charge in [-0.1, -0.05) is 11.6 Å². The summed E-state index contributed by atoms with van der Waals surface area (Å²) in [6, 6.07) is 4.89. The monoisotopic (exact) mass is 267 g/mol. The summed E-state index contributed by atoms with van der Waals surface area (Å²) >= 11 is 5.76. The molecule has 0 bridgehead atoms. The van der Waals surface area contributed by atoms with Gasteiger partial charge in [0.2, 0.25) is 5.91 Å². The number of amides is 2. The largest absolute Gasteiger partial charge is 0.398 e. The number of nitrogens with two attached hydrogens (primary N) is 1. The van der Waals surface area contributed by atoms with Gasteiger partial charge >= 0.3 is 0 Å². The summed E-state index contributed by atoms with van der Waals surface area (Å²) in [5.41, 5.74) is 6.32. The van der Waals surface area contributed by atoms with Crippen molar-refractivity contribution in [2.75, 3.05) is 12.3 Å². The van der Waals surface area contributed by atoms with Crippen molar-refractivity contribution >= 4 is 29.1 Å². The van der Waals surface area contributed by atoms with E-state index >= 15 is 0 Å². The van der Waals surface area contributed by atoms with E-state index in [0.29, 0.717) is 22.3 Å². The smallest absolute Gasteiger partial charge is 0.251 e. The van der Waals surface area contributed by atoms with Gasteiger partial charge in [0.1, 0.15) is 0 Å². The molecule has 5 nitrogen and oxygen atoms in total. The maximum absolute atomic E-state index is 11.7.